The van der Waals surface area contributed by atoms with Crippen LogP contribution in [0.4, 0.5) is 0 Å². The number of ether oxygens (including phenoxy) is 3. The third-order valence-electron chi connectivity index (χ3n) is 4.50. The van der Waals surface area contributed by atoms with E-state index in [9.17, 15) is 4.79 Å². The van der Waals surface area contributed by atoms with Gasteiger partial charge in [0, 0.05) is 3.57 Å². The van der Waals surface area contributed by atoms with Crippen LogP contribution in [0.2, 0.25) is 0 Å². The van der Waals surface area contributed by atoms with Crippen LogP contribution in [0.25, 0.3) is 5.57 Å². The van der Waals surface area contributed by atoms with Crippen LogP contribution in [-0.4, -0.2) is 26.3 Å². The van der Waals surface area contributed by atoms with Gasteiger partial charge in [-0.05, 0) is 88.2 Å². The molecule has 0 radical (unpaired) electrons. The van der Waals surface area contributed by atoms with Crippen molar-refractivity contribution in [1.29, 1.82) is 0 Å². The van der Waals surface area contributed by atoms with Gasteiger partial charge in [-0.1, -0.05) is 42.5 Å². The van der Waals surface area contributed by atoms with Crippen molar-refractivity contribution in [1.82, 2.24) is 0 Å². The Balaban J connectivity index is 1.73. The van der Waals surface area contributed by atoms with E-state index in [1.807, 2.05) is 37.3 Å². The highest BCUT2D eigenvalue weighted by Gasteiger charge is 2.07. The second-order valence-corrected chi connectivity index (χ2v) is 7.84. The Morgan fingerprint density at radius 2 is 1.63 bits per heavy atom. The van der Waals surface area contributed by atoms with Crippen molar-refractivity contribution in [3.63, 3.8) is 0 Å². The van der Waals surface area contributed by atoms with Gasteiger partial charge in [0.15, 0.2) is 6.61 Å². The Morgan fingerprint density at radius 3 is 2.30 bits per heavy atom. The summed E-state index contributed by atoms with van der Waals surface area (Å²) >= 11 is 2.31. The number of halogens is 1. The molecule has 0 heterocycles. The van der Waals surface area contributed by atoms with E-state index in [0.29, 0.717) is 12.4 Å². The van der Waals surface area contributed by atoms with Crippen LogP contribution in [0.1, 0.15) is 16.7 Å². The number of rotatable bonds is 8. The molecule has 3 rings (SSSR count). The van der Waals surface area contributed by atoms with Crippen LogP contribution in [0.3, 0.4) is 0 Å². The van der Waals surface area contributed by atoms with E-state index in [0.717, 1.165) is 28.0 Å². The van der Waals surface area contributed by atoms with Crippen LogP contribution >= 0.6 is 22.6 Å². The van der Waals surface area contributed by atoms with Gasteiger partial charge in [0.2, 0.25) is 0 Å². The summed E-state index contributed by atoms with van der Waals surface area (Å²) < 4.78 is 17.2. The predicted octanol–water partition coefficient (Wildman–Crippen LogP) is 5.66. The van der Waals surface area contributed by atoms with Gasteiger partial charge in [0.1, 0.15) is 18.1 Å². The van der Waals surface area contributed by atoms with E-state index in [2.05, 4.69) is 69.8 Å². The summed E-state index contributed by atoms with van der Waals surface area (Å²) in [4.78, 5) is 11.2. The first-order valence-electron chi connectivity index (χ1n) is 9.51. The van der Waals surface area contributed by atoms with Crippen molar-refractivity contribution in [2.24, 2.45) is 0 Å². The van der Waals surface area contributed by atoms with Gasteiger partial charge in [-0.25, -0.2) is 4.79 Å². The van der Waals surface area contributed by atoms with Crippen LogP contribution in [-0.2, 0) is 9.53 Å². The van der Waals surface area contributed by atoms with Crippen LogP contribution < -0.4 is 9.47 Å². The molecule has 0 aromatic heterocycles. The molecule has 30 heavy (non-hydrogen) atoms. The summed E-state index contributed by atoms with van der Waals surface area (Å²) in [7, 11) is 1.34. The molecule has 0 amide bonds. The molecule has 0 aliphatic carbocycles. The van der Waals surface area contributed by atoms with Gasteiger partial charge >= 0.3 is 5.97 Å². The first-order valence-corrected chi connectivity index (χ1v) is 10.6. The van der Waals surface area contributed by atoms with Crippen molar-refractivity contribution >= 4 is 34.1 Å². The number of esters is 1. The maximum atomic E-state index is 11.2. The normalized spacial score (nSPS) is 11.1. The molecule has 3 aromatic rings. The summed E-state index contributed by atoms with van der Waals surface area (Å²) in [5.74, 6) is 0.959. The standard InChI is InChI=1S/C25H23IO4/c1-18-16-22(12-13-24(18)30-17-25(27)28-2)29-15-14-23(19-6-4-3-5-7-19)20-8-10-21(26)11-9-20/h3-14,16H,15,17H2,1-2H3/b23-14+. The molecule has 0 unspecified atom stereocenters. The van der Waals surface area contributed by atoms with E-state index < -0.39 is 5.97 Å². The molecule has 0 saturated carbocycles. The molecule has 0 atom stereocenters. The molecule has 4 nitrogen and oxygen atoms in total. The number of aryl methyl sites for hydroxylation is 1. The topological polar surface area (TPSA) is 44.8 Å². The Labute approximate surface area is 190 Å². The predicted molar refractivity (Wildman–Crippen MR) is 127 cm³/mol. The zero-order chi connectivity index (χ0) is 21.3. The van der Waals surface area contributed by atoms with Crippen molar-refractivity contribution in [3.05, 3.63) is 99.1 Å². The first kappa shape index (κ1) is 21.9. The molecule has 0 fully saturated rings. The highest BCUT2D eigenvalue weighted by atomic mass is 127. The van der Waals surface area contributed by atoms with E-state index in [4.69, 9.17) is 9.47 Å². The monoisotopic (exact) mass is 514 g/mol. The van der Waals surface area contributed by atoms with Crippen molar-refractivity contribution in [2.45, 2.75) is 6.92 Å². The largest absolute Gasteiger partial charge is 0.489 e. The molecule has 0 aliphatic heterocycles. The second-order valence-electron chi connectivity index (χ2n) is 6.59. The Morgan fingerprint density at radius 1 is 0.933 bits per heavy atom. The zero-order valence-corrected chi connectivity index (χ0v) is 19.1. The van der Waals surface area contributed by atoms with Gasteiger partial charge in [0.25, 0.3) is 0 Å². The van der Waals surface area contributed by atoms with Crippen LogP contribution in [0, 0.1) is 10.5 Å². The van der Waals surface area contributed by atoms with Gasteiger partial charge in [-0.2, -0.15) is 0 Å². The van der Waals surface area contributed by atoms with Crippen molar-refractivity contribution < 1.29 is 19.0 Å². The Kier molecular flexibility index (Phi) is 7.90. The fourth-order valence-corrected chi connectivity index (χ4v) is 3.30. The molecule has 0 bridgehead atoms. The zero-order valence-electron chi connectivity index (χ0n) is 16.9. The molecule has 0 N–H and O–H groups in total. The third kappa shape index (κ3) is 6.10. The average molecular weight is 514 g/mol. The van der Waals surface area contributed by atoms with E-state index in [1.54, 1.807) is 6.07 Å². The molecular formula is C25H23IO4. The van der Waals surface area contributed by atoms with E-state index >= 15 is 0 Å². The van der Waals surface area contributed by atoms with Gasteiger partial charge in [-0.3, -0.25) is 0 Å². The summed E-state index contributed by atoms with van der Waals surface area (Å²) in [6, 6.07) is 24.3. The summed E-state index contributed by atoms with van der Waals surface area (Å²) in [5.41, 5.74) is 4.31. The summed E-state index contributed by atoms with van der Waals surface area (Å²) in [5, 5.41) is 0. The highest BCUT2D eigenvalue weighted by molar-refractivity contribution is 14.1. The summed E-state index contributed by atoms with van der Waals surface area (Å²) in [6.07, 6.45) is 2.09. The van der Waals surface area contributed by atoms with Gasteiger partial charge in [-0.15, -0.1) is 0 Å². The number of hydrogen-bond donors (Lipinski definition) is 0. The molecule has 5 heteroatoms. The minimum atomic E-state index is -0.413. The molecular weight excluding hydrogens is 491 g/mol. The molecule has 0 spiro atoms. The second kappa shape index (κ2) is 10.8. The maximum absolute atomic E-state index is 11.2. The third-order valence-corrected chi connectivity index (χ3v) is 5.22. The van der Waals surface area contributed by atoms with Crippen LogP contribution in [0.5, 0.6) is 11.5 Å². The van der Waals surface area contributed by atoms with Gasteiger partial charge < -0.3 is 14.2 Å². The molecule has 0 saturated heterocycles. The lowest BCUT2D eigenvalue weighted by atomic mass is 9.98. The fourth-order valence-electron chi connectivity index (χ4n) is 2.94. The number of carbonyl (C=O) groups excluding carboxylic acids is 1. The Hall–Kier alpha value is -2.80. The minimum Gasteiger partial charge on any atom is -0.489 e. The lowest BCUT2D eigenvalue weighted by Crippen LogP contribution is -2.13. The molecule has 154 valence electrons. The molecule has 3 aromatic carbocycles. The number of carbonyl (C=O) groups is 1. The van der Waals surface area contributed by atoms with E-state index in [1.165, 1.54) is 10.7 Å². The van der Waals surface area contributed by atoms with Crippen molar-refractivity contribution in [2.75, 3.05) is 20.3 Å². The average Bonchev–Trinajstić information content (AvgIpc) is 2.77. The maximum Gasteiger partial charge on any atom is 0.343 e. The Bertz CT molecular complexity index is 1010. The minimum absolute atomic E-state index is 0.114. The lowest BCUT2D eigenvalue weighted by molar-refractivity contribution is -0.142. The van der Waals surface area contributed by atoms with Crippen LogP contribution in [0.15, 0.2) is 78.9 Å². The van der Waals surface area contributed by atoms with Crippen molar-refractivity contribution in [3.8, 4) is 11.5 Å². The quantitative estimate of drug-likeness (QED) is 0.288. The number of hydrogen-bond acceptors (Lipinski definition) is 4. The lowest BCUT2D eigenvalue weighted by Gasteiger charge is -2.12. The SMILES string of the molecule is COC(=O)COc1ccc(OC/C=C(\c2ccccc2)c2ccc(I)cc2)cc1C. The van der Waals surface area contributed by atoms with E-state index in [-0.39, 0.29) is 6.61 Å². The summed E-state index contributed by atoms with van der Waals surface area (Å²) in [6.45, 7) is 2.23. The number of methoxy groups -OCH3 is 1. The first-order chi connectivity index (χ1) is 14.6. The highest BCUT2D eigenvalue weighted by Crippen LogP contribution is 2.26. The fraction of sp³-hybridized carbons (Fsp3) is 0.160. The van der Waals surface area contributed by atoms with Gasteiger partial charge in [0.05, 0.1) is 7.11 Å². The molecule has 0 aliphatic rings. The smallest absolute Gasteiger partial charge is 0.343 e. The number of benzene rings is 3.